The maximum atomic E-state index is 12.3. The topological polar surface area (TPSA) is 37.4 Å². The summed E-state index contributed by atoms with van der Waals surface area (Å²) in [5, 5.41) is 3.50. The number of hydrogen-bond donors (Lipinski definition) is 0. The van der Waals surface area contributed by atoms with Crippen molar-refractivity contribution >= 4 is 28.8 Å². The van der Waals surface area contributed by atoms with Crippen molar-refractivity contribution in [2.45, 2.75) is 39.0 Å². The lowest BCUT2D eigenvalue weighted by Gasteiger charge is -2.14. The van der Waals surface area contributed by atoms with Gasteiger partial charge in [-0.05, 0) is 30.5 Å². The van der Waals surface area contributed by atoms with E-state index in [-0.39, 0.29) is 11.8 Å². The Morgan fingerprint density at radius 3 is 2.14 bits per heavy atom. The maximum absolute atomic E-state index is 12.3. The fraction of sp³-hybridized carbons (Fsp3) is 0.333. The number of benzene rings is 1. The number of imide groups is 1. The highest BCUT2D eigenvalue weighted by molar-refractivity contribution is 7.08. The molecular weight excluding hydrogens is 294 g/mol. The summed E-state index contributed by atoms with van der Waals surface area (Å²) in [5.74, 6) is -0.422. The predicted octanol–water partition coefficient (Wildman–Crippen LogP) is 4.67. The number of unbranched alkanes of at least 4 members (excludes halogenated alkanes) is 3. The third-order valence-corrected chi connectivity index (χ3v) is 4.79. The minimum Gasteiger partial charge on any atom is -0.268 e. The van der Waals surface area contributed by atoms with Crippen LogP contribution in [-0.2, 0) is 6.42 Å². The monoisotopic (exact) mass is 313 g/mol. The van der Waals surface area contributed by atoms with Gasteiger partial charge in [-0.25, -0.2) is 4.90 Å². The molecule has 0 N–H and O–H groups in total. The molecule has 0 atom stereocenters. The second-order valence-corrected chi connectivity index (χ2v) is 6.37. The quantitative estimate of drug-likeness (QED) is 0.574. The molecule has 4 heteroatoms. The minimum atomic E-state index is -0.211. The lowest BCUT2D eigenvalue weighted by atomic mass is 10.1. The average Bonchev–Trinajstić information content (AvgIpc) is 3.10. The van der Waals surface area contributed by atoms with Gasteiger partial charge < -0.3 is 0 Å². The molecule has 0 unspecified atom stereocenters. The van der Waals surface area contributed by atoms with Crippen molar-refractivity contribution in [1.82, 2.24) is 0 Å². The Balaban J connectivity index is 1.70. The highest BCUT2D eigenvalue weighted by Crippen LogP contribution is 2.30. The molecular formula is C18H19NO2S. The molecule has 0 spiro atoms. The third-order valence-electron chi connectivity index (χ3n) is 4.04. The molecule has 0 saturated carbocycles. The summed E-state index contributed by atoms with van der Waals surface area (Å²) >= 11 is 1.39. The van der Waals surface area contributed by atoms with Crippen LogP contribution in [0.4, 0.5) is 5.69 Å². The number of thiophene rings is 1. The van der Waals surface area contributed by atoms with Crippen molar-refractivity contribution in [2.75, 3.05) is 4.90 Å². The zero-order chi connectivity index (χ0) is 15.5. The highest BCUT2D eigenvalue weighted by Gasteiger charge is 2.37. The van der Waals surface area contributed by atoms with Crippen LogP contribution in [0, 0.1) is 0 Å². The minimum absolute atomic E-state index is 0.211. The fourth-order valence-corrected chi connectivity index (χ4v) is 3.56. The average molecular weight is 313 g/mol. The summed E-state index contributed by atoms with van der Waals surface area (Å²) in [6.07, 6.45) is 6.00. The van der Waals surface area contributed by atoms with Crippen LogP contribution in [0.3, 0.4) is 0 Å². The molecule has 1 aromatic carbocycles. The summed E-state index contributed by atoms with van der Waals surface area (Å²) < 4.78 is 0. The van der Waals surface area contributed by atoms with Gasteiger partial charge in [0.05, 0.1) is 16.8 Å². The third kappa shape index (κ3) is 2.71. The molecule has 2 aromatic rings. The first-order valence-corrected chi connectivity index (χ1v) is 8.70. The van der Waals surface area contributed by atoms with Crippen LogP contribution in [0.2, 0.25) is 0 Å². The van der Waals surface area contributed by atoms with Gasteiger partial charge in [0.1, 0.15) is 0 Å². The van der Waals surface area contributed by atoms with Crippen molar-refractivity contribution in [3.63, 3.8) is 0 Å². The van der Waals surface area contributed by atoms with E-state index in [9.17, 15) is 9.59 Å². The molecule has 3 nitrogen and oxygen atoms in total. The van der Waals surface area contributed by atoms with Gasteiger partial charge in [-0.3, -0.25) is 9.59 Å². The highest BCUT2D eigenvalue weighted by atomic mass is 32.1. The molecule has 2 heterocycles. The fourth-order valence-electron chi connectivity index (χ4n) is 2.76. The molecule has 0 saturated heterocycles. The summed E-state index contributed by atoms with van der Waals surface area (Å²) in [5.41, 5.74) is 2.97. The van der Waals surface area contributed by atoms with E-state index in [1.54, 1.807) is 10.8 Å². The van der Waals surface area contributed by atoms with Crippen LogP contribution >= 0.6 is 11.3 Å². The number of amides is 2. The van der Waals surface area contributed by atoms with E-state index in [0.29, 0.717) is 16.8 Å². The molecule has 2 amide bonds. The van der Waals surface area contributed by atoms with E-state index in [1.165, 1.54) is 47.5 Å². The summed E-state index contributed by atoms with van der Waals surface area (Å²) in [6.45, 7) is 2.21. The molecule has 0 bridgehead atoms. The van der Waals surface area contributed by atoms with Gasteiger partial charge in [0.15, 0.2) is 0 Å². The maximum Gasteiger partial charge on any atom is 0.266 e. The Morgan fingerprint density at radius 1 is 0.909 bits per heavy atom. The molecule has 22 heavy (non-hydrogen) atoms. The summed E-state index contributed by atoms with van der Waals surface area (Å²) in [7, 11) is 0. The van der Waals surface area contributed by atoms with Gasteiger partial charge in [-0.15, -0.1) is 0 Å². The van der Waals surface area contributed by atoms with Crippen LogP contribution in [0.5, 0.6) is 0 Å². The van der Waals surface area contributed by atoms with E-state index in [1.807, 2.05) is 24.3 Å². The molecule has 114 valence electrons. The van der Waals surface area contributed by atoms with E-state index >= 15 is 0 Å². The van der Waals surface area contributed by atoms with Gasteiger partial charge in [-0.2, -0.15) is 11.3 Å². The standard InChI is InChI=1S/C18H19NO2S/c1-2-3-4-5-6-13-7-9-14(10-8-13)19-17(20)15-11-22-12-16(15)18(19)21/h7-12H,2-6H2,1H3. The van der Waals surface area contributed by atoms with Gasteiger partial charge in [0.25, 0.3) is 11.8 Å². The van der Waals surface area contributed by atoms with Gasteiger partial charge in [0.2, 0.25) is 0 Å². The molecule has 1 aromatic heterocycles. The Labute approximate surface area is 134 Å². The Kier molecular flexibility index (Phi) is 4.39. The van der Waals surface area contributed by atoms with Gasteiger partial charge >= 0.3 is 0 Å². The van der Waals surface area contributed by atoms with Crippen LogP contribution in [0.15, 0.2) is 35.0 Å². The summed E-state index contributed by atoms with van der Waals surface area (Å²) in [6, 6.07) is 7.79. The first-order chi connectivity index (χ1) is 10.7. The van der Waals surface area contributed by atoms with Crippen molar-refractivity contribution in [3.05, 3.63) is 51.7 Å². The van der Waals surface area contributed by atoms with Crippen LogP contribution in [0.1, 0.15) is 58.9 Å². The normalized spacial score (nSPS) is 13.8. The number of hydrogen-bond acceptors (Lipinski definition) is 3. The van der Waals surface area contributed by atoms with Crippen LogP contribution in [0.25, 0.3) is 0 Å². The number of aryl methyl sites for hydroxylation is 1. The van der Waals surface area contributed by atoms with E-state index in [4.69, 9.17) is 0 Å². The molecule has 1 aliphatic rings. The lowest BCUT2D eigenvalue weighted by molar-refractivity contribution is 0.0926. The Bertz CT molecular complexity index is 657. The number of anilines is 1. The smallest absolute Gasteiger partial charge is 0.266 e. The lowest BCUT2D eigenvalue weighted by Crippen LogP contribution is -2.29. The molecule has 1 aliphatic heterocycles. The van der Waals surface area contributed by atoms with Crippen LogP contribution in [-0.4, -0.2) is 11.8 Å². The second-order valence-electron chi connectivity index (χ2n) is 5.62. The Hall–Kier alpha value is -1.94. The molecule has 0 radical (unpaired) electrons. The first-order valence-electron chi connectivity index (χ1n) is 7.76. The van der Waals surface area contributed by atoms with Crippen molar-refractivity contribution in [3.8, 4) is 0 Å². The van der Waals surface area contributed by atoms with E-state index in [2.05, 4.69) is 6.92 Å². The largest absolute Gasteiger partial charge is 0.268 e. The SMILES string of the molecule is CCCCCCc1ccc(N2C(=O)c3cscc3C2=O)cc1. The predicted molar refractivity (Wildman–Crippen MR) is 89.7 cm³/mol. The second kappa shape index (κ2) is 6.44. The van der Waals surface area contributed by atoms with E-state index < -0.39 is 0 Å². The zero-order valence-corrected chi connectivity index (χ0v) is 13.5. The summed E-state index contributed by atoms with van der Waals surface area (Å²) in [4.78, 5) is 25.9. The van der Waals surface area contributed by atoms with Crippen LogP contribution < -0.4 is 4.90 Å². The molecule has 3 rings (SSSR count). The Morgan fingerprint density at radius 2 is 1.55 bits per heavy atom. The molecule has 0 aliphatic carbocycles. The van der Waals surface area contributed by atoms with Crippen molar-refractivity contribution in [1.29, 1.82) is 0 Å². The number of fused-ring (bicyclic) bond motifs is 1. The first kappa shape index (κ1) is 15.0. The van der Waals surface area contributed by atoms with Gasteiger partial charge in [0, 0.05) is 10.8 Å². The number of rotatable bonds is 6. The number of nitrogens with zero attached hydrogens (tertiary/aromatic N) is 1. The number of carbonyl (C=O) groups is 2. The van der Waals surface area contributed by atoms with Crippen molar-refractivity contribution in [2.24, 2.45) is 0 Å². The van der Waals surface area contributed by atoms with Crippen molar-refractivity contribution < 1.29 is 9.59 Å². The van der Waals surface area contributed by atoms with Gasteiger partial charge in [-0.1, -0.05) is 38.3 Å². The number of carbonyl (C=O) groups excluding carboxylic acids is 2. The zero-order valence-electron chi connectivity index (χ0n) is 12.7. The molecule has 0 fully saturated rings. The van der Waals surface area contributed by atoms with E-state index in [0.717, 1.165) is 6.42 Å².